The van der Waals surface area contributed by atoms with E-state index in [1.807, 2.05) is 24.3 Å². The smallest absolute Gasteiger partial charge is 0.123 e. The van der Waals surface area contributed by atoms with Gasteiger partial charge in [-0.15, -0.1) is 0 Å². The van der Waals surface area contributed by atoms with Crippen LogP contribution in [0.3, 0.4) is 0 Å². The standard InChI is InChI=1S/C16H15BrClNO/c17-14-6-5-11(7-15(14)18)9-19-10-13-8-12-3-1-2-4-16(12)20-13/h1-7,13,19H,8-10H2. The van der Waals surface area contributed by atoms with Crippen LogP contribution in [0.2, 0.25) is 5.02 Å². The number of rotatable bonds is 4. The van der Waals surface area contributed by atoms with Crippen molar-refractivity contribution in [2.45, 2.75) is 19.1 Å². The molecule has 0 saturated carbocycles. The van der Waals surface area contributed by atoms with Gasteiger partial charge in [-0.05, 0) is 45.3 Å². The summed E-state index contributed by atoms with van der Waals surface area (Å²) in [7, 11) is 0. The Balaban J connectivity index is 1.51. The molecule has 0 fully saturated rings. The van der Waals surface area contributed by atoms with Crippen molar-refractivity contribution in [3.63, 3.8) is 0 Å². The fraction of sp³-hybridized carbons (Fsp3) is 0.250. The minimum Gasteiger partial charge on any atom is -0.488 e. The van der Waals surface area contributed by atoms with Gasteiger partial charge in [0.25, 0.3) is 0 Å². The maximum atomic E-state index is 6.08. The van der Waals surface area contributed by atoms with Gasteiger partial charge in [0.1, 0.15) is 11.9 Å². The number of hydrogen-bond donors (Lipinski definition) is 1. The van der Waals surface area contributed by atoms with Crippen molar-refractivity contribution in [1.82, 2.24) is 5.32 Å². The van der Waals surface area contributed by atoms with E-state index in [9.17, 15) is 0 Å². The number of fused-ring (bicyclic) bond motifs is 1. The fourth-order valence-corrected chi connectivity index (χ4v) is 2.84. The van der Waals surface area contributed by atoms with Gasteiger partial charge >= 0.3 is 0 Å². The van der Waals surface area contributed by atoms with Crippen molar-refractivity contribution in [2.24, 2.45) is 0 Å². The van der Waals surface area contributed by atoms with Crippen LogP contribution in [0.25, 0.3) is 0 Å². The highest BCUT2D eigenvalue weighted by Gasteiger charge is 2.21. The Bertz CT molecular complexity index is 592. The average molecular weight is 353 g/mol. The summed E-state index contributed by atoms with van der Waals surface area (Å²) in [6.45, 7) is 1.63. The summed E-state index contributed by atoms with van der Waals surface area (Å²) in [4.78, 5) is 0. The van der Waals surface area contributed by atoms with E-state index in [1.165, 1.54) is 11.1 Å². The summed E-state index contributed by atoms with van der Waals surface area (Å²) >= 11 is 9.48. The van der Waals surface area contributed by atoms with Crippen LogP contribution in [0, 0.1) is 0 Å². The van der Waals surface area contributed by atoms with Gasteiger partial charge in [0.05, 0.1) is 5.02 Å². The third-order valence-corrected chi connectivity index (χ3v) is 4.63. The Labute approximate surface area is 132 Å². The predicted molar refractivity (Wildman–Crippen MR) is 85.4 cm³/mol. The minimum atomic E-state index is 0.221. The average Bonchev–Trinajstić information content (AvgIpc) is 2.85. The number of nitrogens with one attached hydrogen (secondary N) is 1. The summed E-state index contributed by atoms with van der Waals surface area (Å²) in [6.07, 6.45) is 1.20. The van der Waals surface area contributed by atoms with Gasteiger partial charge in [0, 0.05) is 24.0 Å². The summed E-state index contributed by atoms with van der Waals surface area (Å²) in [5, 5.41) is 4.17. The summed E-state index contributed by atoms with van der Waals surface area (Å²) < 4.78 is 6.82. The SMILES string of the molecule is Clc1cc(CNCC2Cc3ccccc3O2)ccc1Br. The zero-order valence-corrected chi connectivity index (χ0v) is 13.2. The molecule has 1 aliphatic rings. The molecule has 0 radical (unpaired) electrons. The number of ether oxygens (including phenoxy) is 1. The molecule has 2 aromatic carbocycles. The zero-order chi connectivity index (χ0) is 13.9. The van der Waals surface area contributed by atoms with Crippen LogP contribution in [0.4, 0.5) is 0 Å². The molecule has 1 heterocycles. The molecule has 104 valence electrons. The molecule has 0 aliphatic carbocycles. The van der Waals surface area contributed by atoms with E-state index in [4.69, 9.17) is 16.3 Å². The minimum absolute atomic E-state index is 0.221. The molecule has 1 aliphatic heterocycles. The molecule has 1 atom stereocenters. The molecule has 0 saturated heterocycles. The van der Waals surface area contributed by atoms with E-state index in [-0.39, 0.29) is 6.10 Å². The summed E-state index contributed by atoms with van der Waals surface area (Å²) in [5.41, 5.74) is 2.47. The van der Waals surface area contributed by atoms with Crippen LogP contribution < -0.4 is 10.1 Å². The Morgan fingerprint density at radius 3 is 2.90 bits per heavy atom. The lowest BCUT2D eigenvalue weighted by atomic mass is 10.1. The molecule has 0 amide bonds. The lowest BCUT2D eigenvalue weighted by molar-refractivity contribution is 0.227. The molecule has 0 bridgehead atoms. The molecule has 2 aromatic rings. The Hall–Kier alpha value is -1.03. The maximum Gasteiger partial charge on any atom is 0.123 e. The molecule has 3 rings (SSSR count). The molecule has 0 spiro atoms. The summed E-state index contributed by atoms with van der Waals surface area (Å²) in [5.74, 6) is 1.02. The second-order valence-electron chi connectivity index (χ2n) is 4.93. The predicted octanol–water partition coefficient (Wildman–Crippen LogP) is 4.20. The van der Waals surface area contributed by atoms with Crippen LogP contribution in [-0.4, -0.2) is 12.6 Å². The normalized spacial score (nSPS) is 16.8. The van der Waals surface area contributed by atoms with Gasteiger partial charge in [0.15, 0.2) is 0 Å². The molecule has 4 heteroatoms. The maximum absolute atomic E-state index is 6.08. The van der Waals surface area contributed by atoms with Gasteiger partial charge in [-0.2, -0.15) is 0 Å². The van der Waals surface area contributed by atoms with E-state index in [0.29, 0.717) is 0 Å². The third-order valence-electron chi connectivity index (χ3n) is 3.40. The van der Waals surface area contributed by atoms with Gasteiger partial charge in [-0.1, -0.05) is 35.9 Å². The van der Waals surface area contributed by atoms with Gasteiger partial charge in [0.2, 0.25) is 0 Å². The van der Waals surface area contributed by atoms with E-state index in [2.05, 4.69) is 39.4 Å². The molecule has 1 unspecified atom stereocenters. The Kier molecular flexibility index (Phi) is 4.29. The van der Waals surface area contributed by atoms with Crippen molar-refractivity contribution in [2.75, 3.05) is 6.54 Å². The Morgan fingerprint density at radius 2 is 2.10 bits per heavy atom. The van der Waals surface area contributed by atoms with Crippen molar-refractivity contribution in [3.05, 3.63) is 63.1 Å². The lowest BCUT2D eigenvalue weighted by Crippen LogP contribution is -2.29. The van der Waals surface area contributed by atoms with Crippen LogP contribution >= 0.6 is 27.5 Å². The highest BCUT2D eigenvalue weighted by atomic mass is 79.9. The number of halogens is 2. The topological polar surface area (TPSA) is 21.3 Å². The van der Waals surface area contributed by atoms with E-state index in [1.54, 1.807) is 0 Å². The van der Waals surface area contributed by atoms with Gasteiger partial charge in [-0.3, -0.25) is 0 Å². The van der Waals surface area contributed by atoms with Gasteiger partial charge in [-0.25, -0.2) is 0 Å². The first kappa shape index (κ1) is 13.9. The lowest BCUT2D eigenvalue weighted by Gasteiger charge is -2.12. The van der Waals surface area contributed by atoms with Crippen molar-refractivity contribution in [1.29, 1.82) is 0 Å². The molecular formula is C16H15BrClNO. The number of hydrogen-bond acceptors (Lipinski definition) is 2. The fourth-order valence-electron chi connectivity index (χ4n) is 2.39. The zero-order valence-electron chi connectivity index (χ0n) is 10.9. The molecule has 20 heavy (non-hydrogen) atoms. The van der Waals surface area contributed by atoms with E-state index >= 15 is 0 Å². The van der Waals surface area contributed by atoms with Crippen LogP contribution in [0.15, 0.2) is 46.9 Å². The van der Waals surface area contributed by atoms with Crippen molar-refractivity contribution in [3.8, 4) is 5.75 Å². The molecule has 0 aromatic heterocycles. The summed E-state index contributed by atoms with van der Waals surface area (Å²) in [6, 6.07) is 14.2. The number of para-hydroxylation sites is 1. The first-order valence-corrected chi connectivity index (χ1v) is 7.78. The highest BCUT2D eigenvalue weighted by Crippen LogP contribution is 2.28. The first-order chi connectivity index (χ1) is 9.72. The van der Waals surface area contributed by atoms with Crippen molar-refractivity contribution >= 4 is 27.5 Å². The molecular weight excluding hydrogens is 338 g/mol. The molecule has 1 N–H and O–H groups in total. The largest absolute Gasteiger partial charge is 0.488 e. The van der Waals surface area contributed by atoms with E-state index < -0.39 is 0 Å². The Morgan fingerprint density at radius 1 is 1.25 bits per heavy atom. The van der Waals surface area contributed by atoms with Crippen LogP contribution in [-0.2, 0) is 13.0 Å². The van der Waals surface area contributed by atoms with Crippen LogP contribution in [0.5, 0.6) is 5.75 Å². The number of benzene rings is 2. The quantitative estimate of drug-likeness (QED) is 0.890. The highest BCUT2D eigenvalue weighted by molar-refractivity contribution is 9.10. The van der Waals surface area contributed by atoms with Crippen LogP contribution in [0.1, 0.15) is 11.1 Å². The van der Waals surface area contributed by atoms with Crippen molar-refractivity contribution < 1.29 is 4.74 Å². The second-order valence-corrected chi connectivity index (χ2v) is 6.19. The monoisotopic (exact) mass is 351 g/mol. The van der Waals surface area contributed by atoms with E-state index in [0.717, 1.165) is 34.8 Å². The van der Waals surface area contributed by atoms with Gasteiger partial charge < -0.3 is 10.1 Å². The second kappa shape index (κ2) is 6.17. The first-order valence-electron chi connectivity index (χ1n) is 6.61. The third kappa shape index (κ3) is 3.17. The molecule has 2 nitrogen and oxygen atoms in total.